The van der Waals surface area contributed by atoms with Crippen LogP contribution in [0.2, 0.25) is 0 Å². The van der Waals surface area contributed by atoms with Crippen molar-refractivity contribution in [1.82, 2.24) is 4.90 Å². The number of carbonyl (C=O) groups excluding carboxylic acids is 3. The van der Waals surface area contributed by atoms with Crippen LogP contribution in [0.1, 0.15) is 35.2 Å². The number of esters is 1. The molecule has 0 spiro atoms. The van der Waals surface area contributed by atoms with Crippen LogP contribution in [0, 0.1) is 0 Å². The van der Waals surface area contributed by atoms with Crippen LogP contribution in [-0.4, -0.2) is 41.8 Å². The number of amides is 1. The zero-order valence-electron chi connectivity index (χ0n) is 15.2. The summed E-state index contributed by atoms with van der Waals surface area (Å²) in [7, 11) is 0. The van der Waals surface area contributed by atoms with E-state index in [2.05, 4.69) is 0 Å². The molecule has 140 valence electrons. The van der Waals surface area contributed by atoms with Gasteiger partial charge in [-0.25, -0.2) is 4.79 Å². The second kappa shape index (κ2) is 9.12. The normalized spacial score (nSPS) is 16.6. The summed E-state index contributed by atoms with van der Waals surface area (Å²) in [5, 5.41) is 0. The molecule has 1 saturated heterocycles. The number of benzene rings is 2. The lowest BCUT2D eigenvalue weighted by Crippen LogP contribution is -2.51. The molecular weight excluding hydrogens is 342 g/mol. The Bertz CT molecular complexity index is 788. The highest BCUT2D eigenvalue weighted by molar-refractivity contribution is 6.43. The van der Waals surface area contributed by atoms with Crippen molar-refractivity contribution in [3.8, 4) is 0 Å². The molecule has 27 heavy (non-hydrogen) atoms. The van der Waals surface area contributed by atoms with Crippen molar-refractivity contribution in [3.05, 3.63) is 71.8 Å². The molecule has 0 aliphatic carbocycles. The zero-order valence-corrected chi connectivity index (χ0v) is 15.2. The molecule has 1 atom stereocenters. The van der Waals surface area contributed by atoms with Crippen LogP contribution >= 0.6 is 0 Å². The second-order valence-electron chi connectivity index (χ2n) is 6.61. The lowest BCUT2D eigenvalue weighted by Gasteiger charge is -2.33. The van der Waals surface area contributed by atoms with E-state index in [0.717, 1.165) is 18.4 Å². The summed E-state index contributed by atoms with van der Waals surface area (Å²) in [6, 6.07) is 17.5. The highest BCUT2D eigenvalue weighted by Gasteiger charge is 2.36. The van der Waals surface area contributed by atoms with Crippen molar-refractivity contribution in [1.29, 1.82) is 0 Å². The maximum Gasteiger partial charge on any atom is 0.328 e. The predicted molar refractivity (Wildman–Crippen MR) is 101 cm³/mol. The molecule has 1 amide bonds. The number of Topliss-reactive ketones (excluding diaryl/α,β-unsaturated/α-hetero) is 1. The molecule has 0 N–H and O–H groups in total. The molecule has 2 aromatic carbocycles. The molecule has 2 aromatic rings. The van der Waals surface area contributed by atoms with Gasteiger partial charge in [0.25, 0.3) is 5.91 Å². The fraction of sp³-hybridized carbons (Fsp3) is 0.318. The van der Waals surface area contributed by atoms with Crippen molar-refractivity contribution in [2.45, 2.75) is 31.7 Å². The van der Waals surface area contributed by atoms with Crippen molar-refractivity contribution in [2.75, 3.05) is 13.2 Å². The summed E-state index contributed by atoms with van der Waals surface area (Å²) < 4.78 is 5.41. The molecule has 5 nitrogen and oxygen atoms in total. The van der Waals surface area contributed by atoms with Crippen LogP contribution in [0.5, 0.6) is 0 Å². The van der Waals surface area contributed by atoms with Crippen LogP contribution in [0.4, 0.5) is 0 Å². The Morgan fingerprint density at radius 2 is 1.59 bits per heavy atom. The predicted octanol–water partition coefficient (Wildman–Crippen LogP) is 3.04. The summed E-state index contributed by atoms with van der Waals surface area (Å²) >= 11 is 0. The van der Waals surface area contributed by atoms with Crippen molar-refractivity contribution < 1.29 is 19.1 Å². The van der Waals surface area contributed by atoms with Gasteiger partial charge in [0.1, 0.15) is 6.04 Å². The molecule has 0 radical (unpaired) electrons. The Kier molecular flexibility index (Phi) is 6.36. The van der Waals surface area contributed by atoms with Gasteiger partial charge >= 0.3 is 5.97 Å². The lowest BCUT2D eigenvalue weighted by molar-refractivity contribution is -0.155. The smallest absolute Gasteiger partial charge is 0.328 e. The first-order valence-electron chi connectivity index (χ1n) is 9.28. The van der Waals surface area contributed by atoms with Gasteiger partial charge in [-0.2, -0.15) is 0 Å². The molecule has 5 heteroatoms. The fourth-order valence-corrected chi connectivity index (χ4v) is 3.27. The highest BCUT2D eigenvalue weighted by Crippen LogP contribution is 2.20. The minimum atomic E-state index is -0.685. The number of nitrogens with zero attached hydrogens (tertiary/aromatic N) is 1. The van der Waals surface area contributed by atoms with Crippen LogP contribution in [-0.2, 0) is 20.7 Å². The third-order valence-electron chi connectivity index (χ3n) is 4.74. The van der Waals surface area contributed by atoms with Crippen LogP contribution < -0.4 is 0 Å². The molecule has 0 bridgehead atoms. The van der Waals surface area contributed by atoms with E-state index in [1.165, 1.54) is 4.90 Å². The third kappa shape index (κ3) is 4.82. The molecule has 1 unspecified atom stereocenters. The summed E-state index contributed by atoms with van der Waals surface area (Å²) in [5.74, 6) is -1.65. The van der Waals surface area contributed by atoms with Gasteiger partial charge in [0.2, 0.25) is 5.78 Å². The van der Waals surface area contributed by atoms with Gasteiger partial charge < -0.3 is 9.64 Å². The summed E-state index contributed by atoms with van der Waals surface area (Å²) in [6.45, 7) is 0.657. The van der Waals surface area contributed by atoms with E-state index in [9.17, 15) is 14.4 Å². The number of ether oxygens (including phenoxy) is 1. The zero-order chi connectivity index (χ0) is 19.1. The maximum absolute atomic E-state index is 12.7. The SMILES string of the molecule is O=C(C(=O)N1CCCCC1C(=O)OCCc1ccccc1)c1ccccc1. The summed E-state index contributed by atoms with van der Waals surface area (Å²) in [4.78, 5) is 39.1. The lowest BCUT2D eigenvalue weighted by atomic mass is 10.0. The Morgan fingerprint density at radius 3 is 2.30 bits per heavy atom. The number of hydrogen-bond acceptors (Lipinski definition) is 4. The first-order valence-corrected chi connectivity index (χ1v) is 9.28. The van der Waals surface area contributed by atoms with Gasteiger partial charge in [0.05, 0.1) is 6.61 Å². The Morgan fingerprint density at radius 1 is 0.926 bits per heavy atom. The van der Waals surface area contributed by atoms with Crippen molar-refractivity contribution >= 4 is 17.7 Å². The van der Waals surface area contributed by atoms with Gasteiger partial charge in [-0.3, -0.25) is 9.59 Å². The van der Waals surface area contributed by atoms with Crippen LogP contribution in [0.3, 0.4) is 0 Å². The summed E-state index contributed by atoms with van der Waals surface area (Å²) in [6.07, 6.45) is 2.76. The molecule has 3 rings (SSSR count). The number of likely N-dealkylation sites (tertiary alicyclic amines) is 1. The molecule has 0 aromatic heterocycles. The maximum atomic E-state index is 12.7. The largest absolute Gasteiger partial charge is 0.464 e. The van der Waals surface area contributed by atoms with E-state index in [-0.39, 0.29) is 6.61 Å². The molecule has 1 heterocycles. The molecule has 1 aliphatic rings. The molecule has 1 aliphatic heterocycles. The number of hydrogen-bond donors (Lipinski definition) is 0. The van der Waals surface area contributed by atoms with E-state index >= 15 is 0 Å². The minimum Gasteiger partial charge on any atom is -0.464 e. The second-order valence-corrected chi connectivity index (χ2v) is 6.61. The first kappa shape index (κ1) is 18.8. The Hall–Kier alpha value is -2.95. The van der Waals surface area contributed by atoms with Crippen molar-refractivity contribution in [3.63, 3.8) is 0 Å². The monoisotopic (exact) mass is 365 g/mol. The average molecular weight is 365 g/mol. The number of carbonyl (C=O) groups is 3. The van der Waals surface area contributed by atoms with E-state index in [0.29, 0.717) is 24.9 Å². The number of ketones is 1. The number of piperidine rings is 1. The van der Waals surface area contributed by atoms with E-state index in [1.54, 1.807) is 30.3 Å². The van der Waals surface area contributed by atoms with Gasteiger partial charge in [-0.05, 0) is 24.8 Å². The van der Waals surface area contributed by atoms with Crippen molar-refractivity contribution in [2.24, 2.45) is 0 Å². The standard InChI is InChI=1S/C22H23NO4/c24-20(18-11-5-2-6-12-18)21(25)23-15-8-7-13-19(23)22(26)27-16-14-17-9-3-1-4-10-17/h1-6,9-12,19H,7-8,13-16H2. The first-order chi connectivity index (χ1) is 13.2. The average Bonchev–Trinajstić information content (AvgIpc) is 2.74. The Balaban J connectivity index is 1.61. The topological polar surface area (TPSA) is 63.7 Å². The Labute approximate surface area is 158 Å². The summed E-state index contributed by atoms with van der Waals surface area (Å²) in [5.41, 5.74) is 1.42. The highest BCUT2D eigenvalue weighted by atomic mass is 16.5. The minimum absolute atomic E-state index is 0.258. The molecule has 1 fully saturated rings. The van der Waals surface area contributed by atoms with E-state index in [1.807, 2.05) is 30.3 Å². The van der Waals surface area contributed by atoms with Crippen LogP contribution in [0.25, 0.3) is 0 Å². The van der Waals surface area contributed by atoms with Gasteiger partial charge in [0, 0.05) is 18.5 Å². The molecule has 0 saturated carbocycles. The third-order valence-corrected chi connectivity index (χ3v) is 4.74. The van der Waals surface area contributed by atoms with Gasteiger partial charge in [-0.1, -0.05) is 60.7 Å². The van der Waals surface area contributed by atoms with Gasteiger partial charge in [0.15, 0.2) is 0 Å². The fourth-order valence-electron chi connectivity index (χ4n) is 3.27. The van der Waals surface area contributed by atoms with E-state index in [4.69, 9.17) is 4.74 Å². The van der Waals surface area contributed by atoms with Crippen LogP contribution in [0.15, 0.2) is 60.7 Å². The quantitative estimate of drug-likeness (QED) is 0.448. The molecular formula is C22H23NO4. The number of rotatable bonds is 6. The van der Waals surface area contributed by atoms with Gasteiger partial charge in [-0.15, -0.1) is 0 Å². The van der Waals surface area contributed by atoms with E-state index < -0.39 is 23.7 Å².